The highest BCUT2D eigenvalue weighted by molar-refractivity contribution is 5.99. The molecular formula is C26H20FN5. The number of aryl methyl sites for hydroxylation is 1. The van der Waals surface area contributed by atoms with Crippen LogP contribution in [0.4, 0.5) is 10.3 Å². The van der Waals surface area contributed by atoms with Crippen LogP contribution in [0.5, 0.6) is 0 Å². The Labute approximate surface area is 185 Å². The van der Waals surface area contributed by atoms with Crippen molar-refractivity contribution in [1.29, 1.82) is 5.26 Å². The molecule has 0 unspecified atom stereocenters. The molecule has 1 N–H and O–H groups in total. The SMILES string of the molecule is C/C(=N\Nc1nc(-c2ccc(C)cc2)cc(-c2ccc(F)cc2)n1)c1ccc(C#N)cc1. The first-order valence-electron chi connectivity index (χ1n) is 10.0. The zero-order chi connectivity index (χ0) is 22.5. The van der Waals surface area contributed by atoms with Gasteiger partial charge in [-0.15, -0.1) is 0 Å². The molecule has 32 heavy (non-hydrogen) atoms. The number of nitriles is 1. The third-order valence-electron chi connectivity index (χ3n) is 4.97. The van der Waals surface area contributed by atoms with E-state index in [4.69, 9.17) is 5.26 Å². The quantitative estimate of drug-likeness (QED) is 0.318. The van der Waals surface area contributed by atoms with Crippen LogP contribution in [0.25, 0.3) is 22.5 Å². The number of nitrogens with one attached hydrogen (secondary N) is 1. The van der Waals surface area contributed by atoms with Gasteiger partial charge in [0.1, 0.15) is 5.82 Å². The van der Waals surface area contributed by atoms with Crippen LogP contribution in [0.3, 0.4) is 0 Å². The molecule has 3 aromatic carbocycles. The average Bonchev–Trinajstić information content (AvgIpc) is 2.83. The van der Waals surface area contributed by atoms with E-state index in [2.05, 4.69) is 26.6 Å². The fraction of sp³-hybridized carbons (Fsp3) is 0.0769. The van der Waals surface area contributed by atoms with Gasteiger partial charge in [-0.3, -0.25) is 0 Å². The highest BCUT2D eigenvalue weighted by Gasteiger charge is 2.09. The minimum Gasteiger partial charge on any atom is -0.245 e. The fourth-order valence-electron chi connectivity index (χ4n) is 3.12. The third kappa shape index (κ3) is 4.85. The standard InChI is InChI=1S/C26H20FN5/c1-17-3-7-21(8-4-17)24-15-25(22-11-13-23(27)14-12-22)30-26(29-24)32-31-18(2)20-9-5-19(16-28)6-10-20/h3-15H,1-2H3,(H,29,30,32)/b31-18+. The first-order valence-corrected chi connectivity index (χ1v) is 10.0. The van der Waals surface area contributed by atoms with Gasteiger partial charge in [-0.05, 0) is 61.9 Å². The molecule has 0 saturated carbocycles. The zero-order valence-corrected chi connectivity index (χ0v) is 17.7. The number of benzene rings is 3. The van der Waals surface area contributed by atoms with Crippen LogP contribution < -0.4 is 5.43 Å². The van der Waals surface area contributed by atoms with Crippen LogP contribution >= 0.6 is 0 Å². The first-order chi connectivity index (χ1) is 15.5. The van der Waals surface area contributed by atoms with E-state index in [-0.39, 0.29) is 5.82 Å². The summed E-state index contributed by atoms with van der Waals surface area (Å²) in [6, 6.07) is 25.4. The normalized spacial score (nSPS) is 11.1. The van der Waals surface area contributed by atoms with Crippen molar-refractivity contribution in [3.63, 3.8) is 0 Å². The van der Waals surface area contributed by atoms with E-state index in [9.17, 15) is 4.39 Å². The molecule has 4 rings (SSSR count). The van der Waals surface area contributed by atoms with Crippen molar-refractivity contribution in [3.8, 4) is 28.6 Å². The number of rotatable bonds is 5. The van der Waals surface area contributed by atoms with E-state index >= 15 is 0 Å². The second kappa shape index (κ2) is 9.19. The number of hydrogen-bond donors (Lipinski definition) is 1. The van der Waals surface area contributed by atoms with Crippen molar-refractivity contribution in [3.05, 3.63) is 101 Å². The van der Waals surface area contributed by atoms with Crippen molar-refractivity contribution >= 4 is 11.7 Å². The molecule has 0 aliphatic rings. The van der Waals surface area contributed by atoms with Gasteiger partial charge >= 0.3 is 0 Å². The monoisotopic (exact) mass is 421 g/mol. The second-order valence-corrected chi connectivity index (χ2v) is 7.33. The number of nitrogens with zero attached hydrogens (tertiary/aromatic N) is 4. The van der Waals surface area contributed by atoms with Crippen LogP contribution in [0, 0.1) is 24.1 Å². The molecule has 0 radical (unpaired) electrons. The highest BCUT2D eigenvalue weighted by Crippen LogP contribution is 2.26. The maximum Gasteiger partial charge on any atom is 0.244 e. The molecule has 0 saturated heterocycles. The predicted molar refractivity (Wildman–Crippen MR) is 125 cm³/mol. The number of anilines is 1. The van der Waals surface area contributed by atoms with Crippen LogP contribution in [-0.4, -0.2) is 15.7 Å². The van der Waals surface area contributed by atoms with E-state index in [1.54, 1.807) is 24.3 Å². The Balaban J connectivity index is 1.70. The maximum absolute atomic E-state index is 13.4. The van der Waals surface area contributed by atoms with E-state index in [0.29, 0.717) is 17.2 Å². The molecule has 1 heterocycles. The Hall–Kier alpha value is -4.37. The van der Waals surface area contributed by atoms with Crippen molar-refractivity contribution in [2.45, 2.75) is 13.8 Å². The molecule has 1 aromatic heterocycles. The summed E-state index contributed by atoms with van der Waals surface area (Å²) in [7, 11) is 0. The molecule has 0 fully saturated rings. The number of hydrazone groups is 1. The lowest BCUT2D eigenvalue weighted by Crippen LogP contribution is -2.04. The summed E-state index contributed by atoms with van der Waals surface area (Å²) in [5.41, 5.74) is 9.39. The molecule has 0 aliphatic heterocycles. The Kier molecular flexibility index (Phi) is 6.00. The van der Waals surface area contributed by atoms with Gasteiger partial charge in [-0.1, -0.05) is 42.0 Å². The lowest BCUT2D eigenvalue weighted by Gasteiger charge is -2.09. The van der Waals surface area contributed by atoms with Crippen LogP contribution in [-0.2, 0) is 0 Å². The van der Waals surface area contributed by atoms with Gasteiger partial charge in [-0.2, -0.15) is 10.4 Å². The summed E-state index contributed by atoms with van der Waals surface area (Å²) in [4.78, 5) is 9.20. The minimum absolute atomic E-state index is 0.303. The molecule has 4 aromatic rings. The van der Waals surface area contributed by atoms with Gasteiger partial charge in [0.25, 0.3) is 0 Å². The number of halogens is 1. The van der Waals surface area contributed by atoms with Crippen molar-refractivity contribution in [1.82, 2.24) is 9.97 Å². The van der Waals surface area contributed by atoms with E-state index in [0.717, 1.165) is 33.7 Å². The second-order valence-electron chi connectivity index (χ2n) is 7.33. The minimum atomic E-state index is -0.303. The molecule has 5 nitrogen and oxygen atoms in total. The molecule has 0 aliphatic carbocycles. The Bertz CT molecular complexity index is 1240. The van der Waals surface area contributed by atoms with Gasteiger partial charge in [-0.25, -0.2) is 19.8 Å². The van der Waals surface area contributed by atoms with Crippen LogP contribution in [0.1, 0.15) is 23.6 Å². The van der Waals surface area contributed by atoms with Crippen molar-refractivity contribution < 1.29 is 4.39 Å². The largest absolute Gasteiger partial charge is 0.245 e. The van der Waals surface area contributed by atoms with Gasteiger partial charge in [0.15, 0.2) is 0 Å². The summed E-state index contributed by atoms with van der Waals surface area (Å²) in [6.07, 6.45) is 0. The summed E-state index contributed by atoms with van der Waals surface area (Å²) in [6.45, 7) is 3.89. The molecule has 0 bridgehead atoms. The lowest BCUT2D eigenvalue weighted by atomic mass is 10.1. The summed E-state index contributed by atoms with van der Waals surface area (Å²) >= 11 is 0. The van der Waals surface area contributed by atoms with Gasteiger partial charge in [0, 0.05) is 11.1 Å². The van der Waals surface area contributed by atoms with Gasteiger partial charge in [0.2, 0.25) is 5.95 Å². The van der Waals surface area contributed by atoms with Crippen molar-refractivity contribution in [2.75, 3.05) is 5.43 Å². The molecule has 0 spiro atoms. The molecule has 6 heteroatoms. The smallest absolute Gasteiger partial charge is 0.244 e. The first kappa shape index (κ1) is 20.9. The van der Waals surface area contributed by atoms with E-state index in [1.165, 1.54) is 12.1 Å². The summed E-state index contributed by atoms with van der Waals surface area (Å²) < 4.78 is 13.4. The van der Waals surface area contributed by atoms with E-state index < -0.39 is 0 Å². The van der Waals surface area contributed by atoms with E-state index in [1.807, 2.05) is 56.3 Å². The van der Waals surface area contributed by atoms with Crippen LogP contribution in [0.2, 0.25) is 0 Å². The zero-order valence-electron chi connectivity index (χ0n) is 17.7. The predicted octanol–water partition coefficient (Wildman–Crippen LogP) is 5.97. The molecular weight excluding hydrogens is 401 g/mol. The fourth-order valence-corrected chi connectivity index (χ4v) is 3.12. The average molecular weight is 421 g/mol. The van der Waals surface area contributed by atoms with Gasteiger partial charge in [0.05, 0.1) is 28.7 Å². The summed E-state index contributed by atoms with van der Waals surface area (Å²) in [5, 5.41) is 13.4. The lowest BCUT2D eigenvalue weighted by molar-refractivity contribution is 0.628. The van der Waals surface area contributed by atoms with Gasteiger partial charge < -0.3 is 0 Å². The highest BCUT2D eigenvalue weighted by atomic mass is 19.1. The Morgan fingerprint density at radius 3 is 2.00 bits per heavy atom. The number of hydrogen-bond acceptors (Lipinski definition) is 5. The van der Waals surface area contributed by atoms with Crippen LogP contribution in [0.15, 0.2) is 84.0 Å². The number of aromatic nitrogens is 2. The van der Waals surface area contributed by atoms with Crippen molar-refractivity contribution in [2.24, 2.45) is 5.10 Å². The maximum atomic E-state index is 13.4. The Morgan fingerprint density at radius 1 is 0.875 bits per heavy atom. The topological polar surface area (TPSA) is 74.0 Å². The Morgan fingerprint density at radius 2 is 1.44 bits per heavy atom. The molecule has 0 amide bonds. The molecule has 0 atom stereocenters. The molecule has 156 valence electrons. The third-order valence-corrected chi connectivity index (χ3v) is 4.97. The summed E-state index contributed by atoms with van der Waals surface area (Å²) in [5.74, 6) is 0.0259.